The summed E-state index contributed by atoms with van der Waals surface area (Å²) in [5, 5.41) is 33.4. The van der Waals surface area contributed by atoms with Crippen LogP contribution in [-0.4, -0.2) is 67.1 Å². The first kappa shape index (κ1) is 47.9. The normalized spacial score (nSPS) is 12.0. The number of carboxylic acid groups (broad SMARTS) is 1. The number of carboxylic acids is 1. The van der Waals surface area contributed by atoms with Crippen LogP contribution in [0.5, 0.6) is 17.2 Å². The highest BCUT2D eigenvalue weighted by molar-refractivity contribution is 5.97. The third-order valence-electron chi connectivity index (χ3n) is 9.82. The Hall–Kier alpha value is -5.50. The van der Waals surface area contributed by atoms with Gasteiger partial charge in [0.05, 0.1) is 38.4 Å². The quantitative estimate of drug-likeness (QED) is 0.0360. The molecular weight excluding hydrogens is 764 g/mol. The molecule has 2 atom stereocenters. The molecule has 0 aliphatic rings. The third-order valence-corrected chi connectivity index (χ3v) is 9.82. The first-order valence-electron chi connectivity index (χ1n) is 20.0. The van der Waals surface area contributed by atoms with E-state index in [1.54, 1.807) is 6.07 Å². The topological polar surface area (TPSA) is 216 Å². The van der Waals surface area contributed by atoms with Gasteiger partial charge >= 0.3 is 0 Å². The zero-order valence-electron chi connectivity index (χ0n) is 34.7. The van der Waals surface area contributed by atoms with Crippen molar-refractivity contribution in [3.63, 3.8) is 0 Å². The lowest BCUT2D eigenvalue weighted by Gasteiger charge is -2.18. The average Bonchev–Trinajstić information content (AvgIpc) is 3.17. The van der Waals surface area contributed by atoms with E-state index in [0.29, 0.717) is 48.2 Å². The Morgan fingerprint density at radius 3 is 1.88 bits per heavy atom. The summed E-state index contributed by atoms with van der Waals surface area (Å²) in [6.07, 6.45) is 6.11. The first-order valence-corrected chi connectivity index (χ1v) is 20.0. The van der Waals surface area contributed by atoms with E-state index >= 15 is 0 Å². The molecule has 14 nitrogen and oxygen atoms in total. The number of hydrogen-bond acceptors (Lipinski definition) is 14. The van der Waals surface area contributed by atoms with Gasteiger partial charge in [-0.05, 0) is 84.1 Å². The molecule has 59 heavy (non-hydrogen) atoms. The first-order chi connectivity index (χ1) is 28.2. The summed E-state index contributed by atoms with van der Waals surface area (Å²) in [4.78, 5) is 71.8. The van der Waals surface area contributed by atoms with Crippen LogP contribution < -0.4 is 20.0 Å². The minimum Gasteiger partial charge on any atom is -0.550 e. The highest BCUT2D eigenvalue weighted by atomic mass is 16.5. The number of phenolic OH excluding ortho intramolecular Hbond substituents is 1. The van der Waals surface area contributed by atoms with Crippen LogP contribution in [0, 0.1) is 11.8 Å². The number of ether oxygens (including phenoxy) is 4. The molecule has 2 aromatic carbocycles. The second-order valence-corrected chi connectivity index (χ2v) is 15.3. The van der Waals surface area contributed by atoms with E-state index in [1.807, 2.05) is 46.8 Å². The van der Waals surface area contributed by atoms with Crippen molar-refractivity contribution >= 4 is 52.4 Å². The molecule has 1 aromatic heterocycles. The summed E-state index contributed by atoms with van der Waals surface area (Å²) in [6.45, 7) is 10.1. The summed E-state index contributed by atoms with van der Waals surface area (Å²) in [7, 11) is 0. The molecule has 0 aliphatic heterocycles. The highest BCUT2D eigenvalue weighted by Crippen LogP contribution is 2.39. The molecule has 1 heterocycles. The molecule has 0 amide bonds. The maximum Gasteiger partial charge on any atom is 0.293 e. The summed E-state index contributed by atoms with van der Waals surface area (Å²) >= 11 is 0. The summed E-state index contributed by atoms with van der Waals surface area (Å²) in [6, 6.07) is 3.07. The predicted molar refractivity (Wildman–Crippen MR) is 218 cm³/mol. The van der Waals surface area contributed by atoms with Gasteiger partial charge in [0.1, 0.15) is 45.4 Å². The number of allylic oxidation sites excluding steroid dienone is 4. The SMILES string of the molecule is CC(C)=CCc1c(OCCCC(=O)C[C@@H](C)CCOC=O)cc2oc3cc(OCCCC(=O)C[C@@H](CCC(=O)[O-])COC=O)c(CO)c(CC=C(C)C)c3c(=O)c2c1O. The summed E-state index contributed by atoms with van der Waals surface area (Å²) < 4.78 is 28.1. The van der Waals surface area contributed by atoms with Crippen LogP contribution in [0.15, 0.2) is 44.6 Å². The lowest BCUT2D eigenvalue weighted by atomic mass is 9.95. The lowest BCUT2D eigenvalue weighted by molar-refractivity contribution is -0.306. The molecule has 0 spiro atoms. The van der Waals surface area contributed by atoms with Gasteiger partial charge in [-0.1, -0.05) is 30.2 Å². The van der Waals surface area contributed by atoms with Crippen molar-refractivity contribution in [1.29, 1.82) is 0 Å². The molecule has 0 radical (unpaired) electrons. The number of carbonyl (C=O) groups is 5. The smallest absolute Gasteiger partial charge is 0.293 e. The maximum absolute atomic E-state index is 14.5. The number of aromatic hydroxyl groups is 1. The number of aliphatic hydroxyl groups is 1. The standard InChI is InChI=1S/C45H58O14/c1-28(2)10-13-34-36(24-46)38(58-18-7-9-33(50)21-31(25-56-27-48)12-15-41(51)52)23-39-42(34)45(54)43-40(59-39)22-37(35(44(43)53)14-11-29(3)4)57-17-6-8-32(49)20-30(5)16-19-55-26-47/h10-11,22-23,26-27,30-31,46,53H,6-9,12-21,24-25H2,1-5H3,(H,51,52)/p-1/t30-,31+/m0/s1. The van der Waals surface area contributed by atoms with Gasteiger partial charge in [-0.3, -0.25) is 24.0 Å². The largest absolute Gasteiger partial charge is 0.550 e. The van der Waals surface area contributed by atoms with Crippen LogP contribution in [0.1, 0.15) is 109 Å². The molecule has 0 bridgehead atoms. The minimum atomic E-state index is -1.26. The lowest BCUT2D eigenvalue weighted by Crippen LogP contribution is -2.24. The molecule has 3 aromatic rings. The Labute approximate surface area is 344 Å². The van der Waals surface area contributed by atoms with Crippen molar-refractivity contribution in [3.8, 4) is 17.2 Å². The molecule has 0 saturated carbocycles. The molecule has 0 fully saturated rings. The van der Waals surface area contributed by atoms with Crippen LogP contribution in [-0.2, 0) is 52.9 Å². The van der Waals surface area contributed by atoms with E-state index in [1.165, 1.54) is 6.07 Å². The van der Waals surface area contributed by atoms with Crippen LogP contribution in [0.3, 0.4) is 0 Å². The zero-order valence-corrected chi connectivity index (χ0v) is 34.7. The molecule has 2 N–H and O–H groups in total. The number of ketones is 2. The number of fused-ring (bicyclic) bond motifs is 2. The number of hydrogen-bond donors (Lipinski definition) is 2. The van der Waals surface area contributed by atoms with Gasteiger partial charge < -0.3 is 43.5 Å². The zero-order chi connectivity index (χ0) is 43.5. The van der Waals surface area contributed by atoms with Gasteiger partial charge in [-0.15, -0.1) is 0 Å². The molecule has 322 valence electrons. The fourth-order valence-electron chi connectivity index (χ4n) is 6.71. The van der Waals surface area contributed by atoms with E-state index in [9.17, 15) is 44.1 Å². The number of rotatable bonds is 29. The van der Waals surface area contributed by atoms with Crippen LogP contribution in [0.25, 0.3) is 21.9 Å². The van der Waals surface area contributed by atoms with E-state index < -0.39 is 23.9 Å². The second-order valence-electron chi connectivity index (χ2n) is 15.3. The molecule has 14 heteroatoms. The number of Topliss-reactive ketones (excluding diaryl/α,β-unsaturated/α-hetero) is 2. The number of benzene rings is 2. The van der Waals surface area contributed by atoms with Gasteiger partial charge in [-0.2, -0.15) is 0 Å². The third kappa shape index (κ3) is 15.0. The van der Waals surface area contributed by atoms with Gasteiger partial charge in [0.2, 0.25) is 5.43 Å². The van der Waals surface area contributed by atoms with Crippen molar-refractivity contribution in [3.05, 3.63) is 62.3 Å². The Morgan fingerprint density at radius 1 is 0.763 bits per heavy atom. The average molecular weight is 822 g/mol. The molecule has 3 rings (SSSR count). The van der Waals surface area contributed by atoms with Crippen LogP contribution >= 0.6 is 0 Å². The van der Waals surface area contributed by atoms with Crippen molar-refractivity contribution < 1.29 is 62.7 Å². The molecule has 0 saturated heterocycles. The number of aliphatic carboxylic acids is 1. The molecule has 0 aliphatic carbocycles. The van der Waals surface area contributed by atoms with Crippen LogP contribution in [0.4, 0.5) is 0 Å². The van der Waals surface area contributed by atoms with E-state index in [4.69, 9.17) is 23.4 Å². The van der Waals surface area contributed by atoms with E-state index in [-0.39, 0.29) is 135 Å². The fourth-order valence-corrected chi connectivity index (χ4v) is 6.71. The number of carbonyl (C=O) groups excluding carboxylic acids is 5. The maximum atomic E-state index is 14.5. The Morgan fingerprint density at radius 2 is 1.32 bits per heavy atom. The predicted octanol–water partition coefficient (Wildman–Crippen LogP) is 5.92. The summed E-state index contributed by atoms with van der Waals surface area (Å²) in [5.41, 5.74) is 2.84. The van der Waals surface area contributed by atoms with E-state index in [2.05, 4.69) is 0 Å². The fraction of sp³-hybridized carbons (Fsp3) is 0.511. The number of phenols is 1. The summed E-state index contributed by atoms with van der Waals surface area (Å²) in [5.74, 6) is -1.56. The molecule has 0 unspecified atom stereocenters. The number of aliphatic hydroxyl groups excluding tert-OH is 1. The van der Waals surface area contributed by atoms with Gasteiger partial charge in [0.25, 0.3) is 12.9 Å². The van der Waals surface area contributed by atoms with E-state index in [0.717, 1.165) is 11.1 Å². The van der Waals surface area contributed by atoms with Crippen molar-refractivity contribution in [2.45, 2.75) is 112 Å². The molecular formula is C45H57O14-. The minimum absolute atomic E-state index is 0.0104. The Kier molecular flexibility index (Phi) is 19.8. The van der Waals surface area contributed by atoms with Crippen LogP contribution in [0.2, 0.25) is 0 Å². The van der Waals surface area contributed by atoms with Gasteiger partial charge in [0.15, 0.2) is 0 Å². The van der Waals surface area contributed by atoms with Crippen molar-refractivity contribution in [1.82, 2.24) is 0 Å². The second kappa shape index (κ2) is 24.4. The van der Waals surface area contributed by atoms with Gasteiger partial charge in [-0.25, -0.2) is 0 Å². The van der Waals surface area contributed by atoms with Gasteiger partial charge in [0, 0.05) is 60.8 Å². The Balaban J connectivity index is 1.96. The monoisotopic (exact) mass is 821 g/mol. The van der Waals surface area contributed by atoms with Crippen molar-refractivity contribution in [2.75, 3.05) is 26.4 Å². The Bertz CT molecular complexity index is 2050. The highest BCUT2D eigenvalue weighted by Gasteiger charge is 2.24. The van der Waals surface area contributed by atoms with Crippen molar-refractivity contribution in [2.24, 2.45) is 11.8 Å².